The summed E-state index contributed by atoms with van der Waals surface area (Å²) in [4.78, 5) is 30.1. The molecule has 0 unspecified atom stereocenters. The van der Waals surface area contributed by atoms with E-state index in [9.17, 15) is 9.59 Å². The van der Waals surface area contributed by atoms with Crippen LogP contribution in [-0.4, -0.2) is 34.5 Å². The second-order valence-corrected chi connectivity index (χ2v) is 7.99. The molecule has 2 amide bonds. The predicted molar refractivity (Wildman–Crippen MR) is 127 cm³/mol. The highest BCUT2D eigenvalue weighted by molar-refractivity contribution is 7.14. The summed E-state index contributed by atoms with van der Waals surface area (Å²) in [6, 6.07) is 14.7. The third-order valence-electron chi connectivity index (χ3n) is 4.85. The van der Waals surface area contributed by atoms with Gasteiger partial charge in [0.15, 0.2) is 0 Å². The molecule has 160 valence electrons. The van der Waals surface area contributed by atoms with Gasteiger partial charge in [-0.3, -0.25) is 19.9 Å². The summed E-state index contributed by atoms with van der Waals surface area (Å²) in [7, 11) is 0. The lowest BCUT2D eigenvalue weighted by Crippen LogP contribution is -2.30. The summed E-state index contributed by atoms with van der Waals surface area (Å²) in [6.45, 7) is 0.420. The van der Waals surface area contributed by atoms with Crippen molar-refractivity contribution in [3.8, 4) is 11.8 Å². The lowest BCUT2D eigenvalue weighted by atomic mass is 10.1. The number of nitrogens with two attached hydrogens (primary N) is 1. The molecule has 1 aliphatic rings. The molecule has 0 saturated heterocycles. The highest BCUT2D eigenvalue weighted by Crippen LogP contribution is 2.22. The molecule has 0 atom stereocenters. The van der Waals surface area contributed by atoms with Gasteiger partial charge < -0.3 is 5.73 Å². The number of nitrogens with one attached hydrogen (secondary N) is 1. The fourth-order valence-electron chi connectivity index (χ4n) is 3.24. The Labute approximate surface area is 190 Å². The lowest BCUT2D eigenvalue weighted by Gasteiger charge is -2.12. The zero-order valence-corrected chi connectivity index (χ0v) is 18.1. The Morgan fingerprint density at radius 3 is 2.44 bits per heavy atom. The van der Waals surface area contributed by atoms with Gasteiger partial charge in [-0.1, -0.05) is 36.1 Å². The smallest absolute Gasteiger partial charge is 0.261 e. The molecule has 2 heterocycles. The quantitative estimate of drug-likeness (QED) is 0.189. The summed E-state index contributed by atoms with van der Waals surface area (Å²) >= 11 is 1.39. The predicted octanol–water partition coefficient (Wildman–Crippen LogP) is 3.99. The molecule has 1 aromatic heterocycles. The first kappa shape index (κ1) is 21.3. The minimum Gasteiger partial charge on any atom is -0.383 e. The number of benzene rings is 2. The number of imide groups is 1. The van der Waals surface area contributed by atoms with E-state index in [0.29, 0.717) is 35.0 Å². The molecule has 2 aromatic carbocycles. The summed E-state index contributed by atoms with van der Waals surface area (Å²) in [5, 5.41) is 6.53. The summed E-state index contributed by atoms with van der Waals surface area (Å²) in [5.74, 6) is 6.35. The molecule has 0 radical (unpaired) electrons. The van der Waals surface area contributed by atoms with Gasteiger partial charge >= 0.3 is 0 Å². The number of nitrogen functional groups attached to an aromatic ring is 1. The topological polar surface area (TPSA) is 101 Å². The van der Waals surface area contributed by atoms with E-state index in [1.807, 2.05) is 24.3 Å². The molecule has 3 aromatic rings. The molecular weight excluding hydrogens is 422 g/mol. The molecule has 0 saturated carbocycles. The molecule has 32 heavy (non-hydrogen) atoms. The molecule has 4 rings (SSSR count). The van der Waals surface area contributed by atoms with E-state index in [1.165, 1.54) is 16.2 Å². The largest absolute Gasteiger partial charge is 0.383 e. The molecule has 7 nitrogen and oxygen atoms in total. The zero-order valence-electron chi connectivity index (χ0n) is 17.2. The fraction of sp³-hybridized carbons (Fsp3) is 0.167. The molecule has 0 aliphatic carbocycles. The third kappa shape index (κ3) is 5.02. The highest BCUT2D eigenvalue weighted by Gasteiger charge is 2.34. The van der Waals surface area contributed by atoms with Gasteiger partial charge in [0.05, 0.1) is 17.3 Å². The Kier molecular flexibility index (Phi) is 6.58. The fourth-order valence-corrected chi connectivity index (χ4v) is 3.79. The van der Waals surface area contributed by atoms with Crippen LogP contribution in [0.3, 0.4) is 0 Å². The standard InChI is InChI=1S/C24H21N5O2S/c25-21-16-32-24(27-21)28-26-15-18-12-10-17(11-13-18)7-3-1-2-6-14-29-22(30)19-8-4-5-9-20(19)23(29)31/h4-5,8-13,15-16H,1-2,6,14,25H2,(H,27,28). The van der Waals surface area contributed by atoms with Gasteiger partial charge in [-0.25, -0.2) is 4.98 Å². The molecule has 1 aliphatic heterocycles. The molecule has 0 spiro atoms. The van der Waals surface area contributed by atoms with Crippen LogP contribution in [0.25, 0.3) is 0 Å². The van der Waals surface area contributed by atoms with E-state index in [0.717, 1.165) is 24.0 Å². The summed E-state index contributed by atoms with van der Waals surface area (Å²) in [5.41, 5.74) is 11.3. The van der Waals surface area contributed by atoms with Crippen LogP contribution in [0.5, 0.6) is 0 Å². The van der Waals surface area contributed by atoms with Crippen LogP contribution in [0, 0.1) is 11.8 Å². The molecular formula is C24H21N5O2S. The van der Waals surface area contributed by atoms with Crippen molar-refractivity contribution in [3.63, 3.8) is 0 Å². The Morgan fingerprint density at radius 2 is 1.78 bits per heavy atom. The van der Waals surface area contributed by atoms with Crippen molar-refractivity contribution in [2.75, 3.05) is 17.7 Å². The average Bonchev–Trinajstić information content (AvgIpc) is 3.33. The van der Waals surface area contributed by atoms with Crippen molar-refractivity contribution < 1.29 is 9.59 Å². The van der Waals surface area contributed by atoms with Gasteiger partial charge in [-0.2, -0.15) is 5.10 Å². The Balaban J connectivity index is 1.20. The number of aromatic nitrogens is 1. The van der Waals surface area contributed by atoms with E-state index >= 15 is 0 Å². The van der Waals surface area contributed by atoms with Crippen molar-refractivity contribution in [2.45, 2.75) is 19.3 Å². The van der Waals surface area contributed by atoms with Gasteiger partial charge in [0.2, 0.25) is 5.13 Å². The number of hydrazone groups is 1. The second kappa shape index (κ2) is 9.90. The zero-order chi connectivity index (χ0) is 22.3. The van der Waals surface area contributed by atoms with Crippen LogP contribution in [0.2, 0.25) is 0 Å². The lowest BCUT2D eigenvalue weighted by molar-refractivity contribution is 0.0652. The third-order valence-corrected chi connectivity index (χ3v) is 5.62. The number of carbonyl (C=O) groups excluding carboxylic acids is 2. The highest BCUT2D eigenvalue weighted by atomic mass is 32.1. The van der Waals surface area contributed by atoms with Crippen molar-refractivity contribution >= 4 is 40.3 Å². The van der Waals surface area contributed by atoms with Crippen molar-refractivity contribution in [3.05, 3.63) is 76.2 Å². The summed E-state index contributed by atoms with van der Waals surface area (Å²) in [6.07, 6.45) is 3.95. The first-order chi connectivity index (χ1) is 15.6. The van der Waals surface area contributed by atoms with E-state index in [4.69, 9.17) is 5.73 Å². The Bertz CT molecular complexity index is 1190. The van der Waals surface area contributed by atoms with Crippen LogP contribution in [0.15, 0.2) is 59.0 Å². The Morgan fingerprint density at radius 1 is 1.06 bits per heavy atom. The number of unbranched alkanes of at least 4 members (excludes halogenated alkanes) is 2. The number of fused-ring (bicyclic) bond motifs is 1. The van der Waals surface area contributed by atoms with E-state index in [1.54, 1.807) is 35.9 Å². The number of amides is 2. The van der Waals surface area contributed by atoms with E-state index in [-0.39, 0.29) is 11.8 Å². The monoisotopic (exact) mass is 443 g/mol. The number of anilines is 2. The van der Waals surface area contributed by atoms with Crippen LogP contribution >= 0.6 is 11.3 Å². The van der Waals surface area contributed by atoms with Gasteiger partial charge in [-0.05, 0) is 42.7 Å². The SMILES string of the molecule is Nc1csc(NN=Cc2ccc(C#CCCCCN3C(=O)c4ccccc4C3=O)cc2)n1. The van der Waals surface area contributed by atoms with Crippen LogP contribution in [-0.2, 0) is 0 Å². The molecule has 0 fully saturated rings. The second-order valence-electron chi connectivity index (χ2n) is 7.14. The first-order valence-electron chi connectivity index (χ1n) is 10.2. The first-order valence-corrected chi connectivity index (χ1v) is 11.0. The minimum absolute atomic E-state index is 0.203. The van der Waals surface area contributed by atoms with Crippen LogP contribution < -0.4 is 11.2 Å². The van der Waals surface area contributed by atoms with E-state index < -0.39 is 0 Å². The molecule has 8 heteroatoms. The number of carbonyl (C=O) groups is 2. The maximum absolute atomic E-state index is 12.3. The number of nitrogens with zero attached hydrogens (tertiary/aromatic N) is 3. The van der Waals surface area contributed by atoms with Crippen molar-refractivity contribution in [2.24, 2.45) is 5.10 Å². The number of hydrogen-bond acceptors (Lipinski definition) is 7. The minimum atomic E-state index is -0.203. The van der Waals surface area contributed by atoms with Crippen LogP contribution in [0.4, 0.5) is 10.9 Å². The van der Waals surface area contributed by atoms with Crippen molar-refractivity contribution in [1.29, 1.82) is 0 Å². The van der Waals surface area contributed by atoms with Crippen LogP contribution in [0.1, 0.15) is 51.1 Å². The maximum Gasteiger partial charge on any atom is 0.261 e. The molecule has 0 bridgehead atoms. The van der Waals surface area contributed by atoms with E-state index in [2.05, 4.69) is 27.4 Å². The number of rotatable bonds is 7. The van der Waals surface area contributed by atoms with Gasteiger partial charge in [0.25, 0.3) is 11.8 Å². The number of thiazole rings is 1. The average molecular weight is 444 g/mol. The number of hydrogen-bond donors (Lipinski definition) is 2. The molecule has 3 N–H and O–H groups in total. The van der Waals surface area contributed by atoms with Gasteiger partial charge in [0.1, 0.15) is 5.82 Å². The van der Waals surface area contributed by atoms with Crippen molar-refractivity contribution in [1.82, 2.24) is 9.88 Å². The Hall–Kier alpha value is -3.96. The van der Waals surface area contributed by atoms with Gasteiger partial charge in [0, 0.05) is 23.9 Å². The normalized spacial score (nSPS) is 12.7. The summed E-state index contributed by atoms with van der Waals surface area (Å²) < 4.78 is 0. The maximum atomic E-state index is 12.3. The van der Waals surface area contributed by atoms with Gasteiger partial charge in [-0.15, -0.1) is 11.3 Å².